The molecule has 3 rings (SSSR count). The summed E-state index contributed by atoms with van der Waals surface area (Å²) in [5.74, 6) is 1.08. The largest absolute Gasteiger partial charge is 0.481 e. The number of carbonyl (C=O) groups excluding carboxylic acids is 2. The van der Waals surface area contributed by atoms with Crippen LogP contribution in [-0.4, -0.2) is 38.4 Å². The molecule has 0 fully saturated rings. The number of hydrogen-bond donors (Lipinski definition) is 2. The molecule has 8 nitrogen and oxygen atoms in total. The monoisotopic (exact) mass is 481 g/mol. The van der Waals surface area contributed by atoms with E-state index >= 15 is 0 Å². The second-order valence-corrected chi connectivity index (χ2v) is 8.76. The van der Waals surface area contributed by atoms with Gasteiger partial charge in [0.1, 0.15) is 5.75 Å². The zero-order valence-electron chi connectivity index (χ0n) is 20.0. The van der Waals surface area contributed by atoms with E-state index in [0.29, 0.717) is 16.7 Å². The van der Waals surface area contributed by atoms with Crippen LogP contribution in [-0.2, 0) is 36.0 Å². The van der Waals surface area contributed by atoms with Crippen LogP contribution in [0.2, 0.25) is 0 Å². The lowest BCUT2D eigenvalue weighted by atomic mass is 10.1. The molecule has 9 heteroatoms. The van der Waals surface area contributed by atoms with Crippen molar-refractivity contribution >= 4 is 29.3 Å². The Morgan fingerprint density at radius 3 is 2.24 bits per heavy atom. The molecule has 34 heavy (non-hydrogen) atoms. The first-order valence-corrected chi connectivity index (χ1v) is 12.3. The van der Waals surface area contributed by atoms with Crippen molar-refractivity contribution in [3.8, 4) is 5.75 Å². The molecule has 2 amide bonds. The van der Waals surface area contributed by atoms with Crippen molar-refractivity contribution in [3.63, 3.8) is 0 Å². The normalized spacial score (nSPS) is 11.6. The lowest BCUT2D eigenvalue weighted by Crippen LogP contribution is -2.36. The van der Waals surface area contributed by atoms with Crippen LogP contribution in [0.1, 0.15) is 37.7 Å². The molecular weight excluding hydrogens is 450 g/mol. The number of nitrogens with one attached hydrogen (secondary N) is 2. The third kappa shape index (κ3) is 7.08. The minimum Gasteiger partial charge on any atom is -0.481 e. The van der Waals surface area contributed by atoms with E-state index in [1.807, 2.05) is 48.5 Å². The van der Waals surface area contributed by atoms with Crippen molar-refractivity contribution in [2.75, 3.05) is 11.1 Å². The third-order valence-electron chi connectivity index (χ3n) is 5.34. The van der Waals surface area contributed by atoms with Crippen molar-refractivity contribution < 1.29 is 14.3 Å². The highest BCUT2D eigenvalue weighted by Gasteiger charge is 2.17. The molecule has 0 aliphatic carbocycles. The van der Waals surface area contributed by atoms with Crippen LogP contribution in [0, 0.1) is 0 Å². The van der Waals surface area contributed by atoms with Crippen LogP contribution < -0.4 is 15.4 Å². The predicted octanol–water partition coefficient (Wildman–Crippen LogP) is 3.75. The number of aromatic nitrogens is 3. The number of benzene rings is 2. The van der Waals surface area contributed by atoms with E-state index in [-0.39, 0.29) is 24.1 Å². The average Bonchev–Trinajstić information content (AvgIpc) is 3.21. The molecule has 0 aliphatic heterocycles. The highest BCUT2D eigenvalue weighted by Crippen LogP contribution is 2.17. The van der Waals surface area contributed by atoms with Crippen molar-refractivity contribution in [1.29, 1.82) is 0 Å². The molecule has 0 radical (unpaired) electrons. The molecule has 0 saturated heterocycles. The zero-order chi connectivity index (χ0) is 24.5. The van der Waals surface area contributed by atoms with E-state index < -0.39 is 6.10 Å². The summed E-state index contributed by atoms with van der Waals surface area (Å²) in [5.41, 5.74) is 3.20. The molecule has 3 aromatic rings. The molecule has 0 bridgehead atoms. The quantitative estimate of drug-likeness (QED) is 0.405. The Morgan fingerprint density at radius 2 is 1.62 bits per heavy atom. The molecule has 1 atom stereocenters. The topological polar surface area (TPSA) is 98.1 Å². The average molecular weight is 482 g/mol. The Bertz CT molecular complexity index is 1100. The van der Waals surface area contributed by atoms with Gasteiger partial charge in [-0.15, -0.1) is 10.2 Å². The van der Waals surface area contributed by atoms with Gasteiger partial charge in [-0.3, -0.25) is 9.59 Å². The maximum atomic E-state index is 12.4. The van der Waals surface area contributed by atoms with Gasteiger partial charge in [-0.05, 0) is 55.2 Å². The van der Waals surface area contributed by atoms with Gasteiger partial charge in [-0.25, -0.2) is 0 Å². The lowest BCUT2D eigenvalue weighted by Gasteiger charge is -2.15. The fourth-order valence-electron chi connectivity index (χ4n) is 3.15. The molecule has 0 saturated carbocycles. The highest BCUT2D eigenvalue weighted by molar-refractivity contribution is 7.99. The minimum atomic E-state index is -0.648. The van der Waals surface area contributed by atoms with Crippen LogP contribution >= 0.6 is 11.8 Å². The Hall–Kier alpha value is -3.33. The molecule has 1 aromatic heterocycles. The first-order valence-electron chi connectivity index (χ1n) is 11.3. The summed E-state index contributed by atoms with van der Waals surface area (Å²) in [4.78, 5) is 24.7. The van der Waals surface area contributed by atoms with Gasteiger partial charge in [0.25, 0.3) is 5.91 Å². The Labute approximate surface area is 204 Å². The number of hydrogen-bond acceptors (Lipinski definition) is 6. The van der Waals surface area contributed by atoms with E-state index in [9.17, 15) is 9.59 Å². The fourth-order valence-corrected chi connectivity index (χ4v) is 3.88. The molecule has 180 valence electrons. The molecule has 0 unspecified atom stereocenters. The van der Waals surface area contributed by atoms with Gasteiger partial charge in [0.2, 0.25) is 5.91 Å². The lowest BCUT2D eigenvalue weighted by molar-refractivity contribution is -0.127. The Balaban J connectivity index is 1.45. The van der Waals surface area contributed by atoms with Crippen molar-refractivity contribution in [1.82, 2.24) is 20.1 Å². The summed E-state index contributed by atoms with van der Waals surface area (Å²) in [6.45, 7) is 6.09. The van der Waals surface area contributed by atoms with Crippen molar-refractivity contribution in [2.24, 2.45) is 7.05 Å². The zero-order valence-corrected chi connectivity index (χ0v) is 20.8. The van der Waals surface area contributed by atoms with Gasteiger partial charge in [-0.2, -0.15) is 0 Å². The van der Waals surface area contributed by atoms with Crippen LogP contribution in [0.25, 0.3) is 0 Å². The first kappa shape index (κ1) is 25.3. The second-order valence-electron chi connectivity index (χ2n) is 7.82. The SMILES string of the molecule is CCc1ccc(NC(=O)CSc2nnc(CNC(=O)[C@@H](C)Oc3ccc(CC)cc3)n2C)cc1. The van der Waals surface area contributed by atoms with Gasteiger partial charge in [0.05, 0.1) is 12.3 Å². The molecule has 0 aliphatic rings. The van der Waals surface area contributed by atoms with Gasteiger partial charge in [0.15, 0.2) is 17.1 Å². The number of anilines is 1. The Kier molecular flexibility index (Phi) is 9.09. The summed E-state index contributed by atoms with van der Waals surface area (Å²) >= 11 is 1.29. The fraction of sp³-hybridized carbons (Fsp3) is 0.360. The number of nitrogens with zero attached hydrogens (tertiary/aromatic N) is 3. The number of ether oxygens (including phenoxy) is 1. The van der Waals surface area contributed by atoms with Gasteiger partial charge < -0.3 is 19.9 Å². The maximum absolute atomic E-state index is 12.4. The standard InChI is InChI=1S/C25H31N5O3S/c1-5-18-7-11-20(12-8-18)27-23(31)16-34-25-29-28-22(30(25)4)15-26-24(32)17(3)33-21-13-9-19(6-2)10-14-21/h7-14,17H,5-6,15-16H2,1-4H3,(H,26,32)(H,27,31)/t17-/m1/s1. The number of carbonyl (C=O) groups is 2. The number of thioether (sulfide) groups is 1. The van der Waals surface area contributed by atoms with Crippen LogP contribution in [0.4, 0.5) is 5.69 Å². The van der Waals surface area contributed by atoms with Gasteiger partial charge in [-0.1, -0.05) is 49.9 Å². The minimum absolute atomic E-state index is 0.120. The second kappa shape index (κ2) is 12.2. The van der Waals surface area contributed by atoms with E-state index in [1.165, 1.54) is 22.9 Å². The van der Waals surface area contributed by atoms with Crippen molar-refractivity contribution in [2.45, 2.75) is 51.4 Å². The first-order chi connectivity index (χ1) is 16.4. The summed E-state index contributed by atoms with van der Waals surface area (Å²) in [6, 6.07) is 15.5. The van der Waals surface area contributed by atoms with Crippen molar-refractivity contribution in [3.05, 3.63) is 65.5 Å². The summed E-state index contributed by atoms with van der Waals surface area (Å²) in [6.07, 6.45) is 1.26. The molecule has 1 heterocycles. The number of rotatable bonds is 11. The number of amides is 2. The molecule has 2 aromatic carbocycles. The number of aryl methyl sites for hydroxylation is 2. The predicted molar refractivity (Wildman–Crippen MR) is 134 cm³/mol. The summed E-state index contributed by atoms with van der Waals surface area (Å²) < 4.78 is 7.49. The molecular formula is C25H31N5O3S. The summed E-state index contributed by atoms with van der Waals surface area (Å²) in [5, 5.41) is 14.6. The van der Waals surface area contributed by atoms with E-state index in [2.05, 4.69) is 34.7 Å². The van der Waals surface area contributed by atoms with E-state index in [4.69, 9.17) is 4.74 Å². The van der Waals surface area contributed by atoms with E-state index in [0.717, 1.165) is 18.5 Å². The molecule has 2 N–H and O–H groups in total. The van der Waals surface area contributed by atoms with Gasteiger partial charge in [0, 0.05) is 12.7 Å². The maximum Gasteiger partial charge on any atom is 0.261 e. The van der Waals surface area contributed by atoms with Crippen LogP contribution in [0.3, 0.4) is 0 Å². The Morgan fingerprint density at radius 1 is 1.00 bits per heavy atom. The van der Waals surface area contributed by atoms with E-state index in [1.54, 1.807) is 18.5 Å². The van der Waals surface area contributed by atoms with Crippen LogP contribution in [0.15, 0.2) is 53.7 Å². The molecule has 0 spiro atoms. The third-order valence-corrected chi connectivity index (χ3v) is 6.36. The van der Waals surface area contributed by atoms with Gasteiger partial charge >= 0.3 is 0 Å². The van der Waals surface area contributed by atoms with Crippen LogP contribution in [0.5, 0.6) is 5.75 Å². The summed E-state index contributed by atoms with van der Waals surface area (Å²) in [7, 11) is 1.81. The smallest absolute Gasteiger partial charge is 0.261 e. The highest BCUT2D eigenvalue weighted by atomic mass is 32.2.